The van der Waals surface area contributed by atoms with Gasteiger partial charge >= 0.3 is 0 Å². The summed E-state index contributed by atoms with van der Waals surface area (Å²) in [6.45, 7) is -0.122. The van der Waals surface area contributed by atoms with Crippen molar-refractivity contribution in [1.82, 2.24) is 4.90 Å². The average Bonchev–Trinajstić information content (AvgIpc) is 2.98. The van der Waals surface area contributed by atoms with Crippen LogP contribution in [0.3, 0.4) is 0 Å². The molecule has 25 heavy (non-hydrogen) atoms. The standard InChI is InChI=1S/C18H17F2NO3S/c1-23-15-7-6-11(8-16(15)24-2)18-21(17(22)10-25-18)9-12-13(19)4-3-5-14(12)20/h3-8,18H,9-10H2,1-2H3. The van der Waals surface area contributed by atoms with Crippen LogP contribution >= 0.6 is 11.8 Å². The molecular formula is C18H17F2NO3S. The predicted octanol–water partition coefficient (Wildman–Crippen LogP) is 3.76. The zero-order valence-corrected chi connectivity index (χ0v) is 14.6. The molecule has 2 aromatic carbocycles. The summed E-state index contributed by atoms with van der Waals surface area (Å²) < 4.78 is 38.4. The largest absolute Gasteiger partial charge is 0.493 e. The van der Waals surface area contributed by atoms with Crippen molar-refractivity contribution in [2.45, 2.75) is 11.9 Å². The van der Waals surface area contributed by atoms with Crippen LogP contribution in [0.25, 0.3) is 0 Å². The molecule has 132 valence electrons. The molecule has 0 aromatic heterocycles. The van der Waals surface area contributed by atoms with Crippen molar-refractivity contribution in [3.05, 3.63) is 59.2 Å². The van der Waals surface area contributed by atoms with Crippen molar-refractivity contribution >= 4 is 17.7 Å². The van der Waals surface area contributed by atoms with E-state index in [1.807, 2.05) is 6.07 Å². The highest BCUT2D eigenvalue weighted by Gasteiger charge is 2.34. The van der Waals surface area contributed by atoms with Gasteiger partial charge in [-0.2, -0.15) is 0 Å². The van der Waals surface area contributed by atoms with E-state index in [2.05, 4.69) is 0 Å². The predicted molar refractivity (Wildman–Crippen MR) is 91.7 cm³/mol. The maximum absolute atomic E-state index is 14.0. The van der Waals surface area contributed by atoms with Crippen LogP contribution in [0.2, 0.25) is 0 Å². The van der Waals surface area contributed by atoms with Gasteiger partial charge in [0.15, 0.2) is 11.5 Å². The number of halogens is 2. The lowest BCUT2D eigenvalue weighted by Gasteiger charge is -2.25. The monoisotopic (exact) mass is 365 g/mol. The first-order valence-electron chi connectivity index (χ1n) is 7.61. The summed E-state index contributed by atoms with van der Waals surface area (Å²) >= 11 is 1.41. The van der Waals surface area contributed by atoms with Gasteiger partial charge in [0, 0.05) is 5.56 Å². The van der Waals surface area contributed by atoms with Gasteiger partial charge in [0.25, 0.3) is 0 Å². The Morgan fingerprint density at radius 3 is 2.44 bits per heavy atom. The Balaban J connectivity index is 1.92. The summed E-state index contributed by atoms with van der Waals surface area (Å²) in [7, 11) is 3.07. The van der Waals surface area contributed by atoms with Crippen LogP contribution in [0.1, 0.15) is 16.5 Å². The van der Waals surface area contributed by atoms with Gasteiger partial charge in [-0.15, -0.1) is 11.8 Å². The zero-order valence-electron chi connectivity index (χ0n) is 13.8. The molecule has 1 amide bonds. The molecule has 1 heterocycles. The summed E-state index contributed by atoms with van der Waals surface area (Å²) in [5.41, 5.74) is 0.703. The van der Waals surface area contributed by atoms with Gasteiger partial charge in [0.2, 0.25) is 5.91 Å². The van der Waals surface area contributed by atoms with E-state index in [1.54, 1.807) is 19.2 Å². The lowest BCUT2D eigenvalue weighted by molar-refractivity contribution is -0.128. The van der Waals surface area contributed by atoms with Gasteiger partial charge in [0.1, 0.15) is 17.0 Å². The molecule has 1 aliphatic rings. The molecule has 1 aliphatic heterocycles. The van der Waals surface area contributed by atoms with Gasteiger partial charge in [-0.3, -0.25) is 4.79 Å². The number of thioether (sulfide) groups is 1. The normalized spacial score (nSPS) is 17.0. The number of hydrogen-bond acceptors (Lipinski definition) is 4. The van der Waals surface area contributed by atoms with E-state index in [-0.39, 0.29) is 29.1 Å². The number of ether oxygens (including phenoxy) is 2. The number of amides is 1. The Morgan fingerprint density at radius 2 is 1.80 bits per heavy atom. The molecule has 0 spiro atoms. The lowest BCUT2D eigenvalue weighted by atomic mass is 10.1. The van der Waals surface area contributed by atoms with Gasteiger partial charge < -0.3 is 14.4 Å². The zero-order chi connectivity index (χ0) is 18.0. The van der Waals surface area contributed by atoms with Crippen LogP contribution in [-0.4, -0.2) is 30.8 Å². The van der Waals surface area contributed by atoms with Crippen molar-refractivity contribution in [3.63, 3.8) is 0 Å². The number of carbonyl (C=O) groups is 1. The second-order valence-electron chi connectivity index (χ2n) is 5.50. The molecule has 1 saturated heterocycles. The Hall–Kier alpha value is -2.28. The Bertz CT molecular complexity index is 780. The molecule has 0 N–H and O–H groups in total. The Labute approximate surface area is 148 Å². The molecule has 2 aromatic rings. The second kappa shape index (κ2) is 7.31. The first-order chi connectivity index (χ1) is 12.0. The molecule has 0 bridgehead atoms. The molecule has 1 unspecified atom stereocenters. The maximum Gasteiger partial charge on any atom is 0.234 e. The highest BCUT2D eigenvalue weighted by Crippen LogP contribution is 2.42. The van der Waals surface area contributed by atoms with Crippen LogP contribution in [0.4, 0.5) is 8.78 Å². The fourth-order valence-electron chi connectivity index (χ4n) is 2.76. The van der Waals surface area contributed by atoms with E-state index < -0.39 is 11.6 Å². The van der Waals surface area contributed by atoms with Gasteiger partial charge in [-0.1, -0.05) is 12.1 Å². The van der Waals surface area contributed by atoms with Crippen molar-refractivity contribution in [2.24, 2.45) is 0 Å². The highest BCUT2D eigenvalue weighted by molar-refractivity contribution is 8.00. The third-order valence-corrected chi connectivity index (χ3v) is 5.31. The van der Waals surface area contributed by atoms with Gasteiger partial charge in [0.05, 0.1) is 26.5 Å². The molecule has 1 fully saturated rings. The van der Waals surface area contributed by atoms with Crippen molar-refractivity contribution in [3.8, 4) is 11.5 Å². The molecule has 1 atom stereocenters. The van der Waals surface area contributed by atoms with E-state index in [1.165, 1.54) is 42.0 Å². The molecule has 4 nitrogen and oxygen atoms in total. The fraction of sp³-hybridized carbons (Fsp3) is 0.278. The van der Waals surface area contributed by atoms with Crippen molar-refractivity contribution in [1.29, 1.82) is 0 Å². The quantitative estimate of drug-likeness (QED) is 0.809. The van der Waals surface area contributed by atoms with Crippen LogP contribution in [0, 0.1) is 11.6 Å². The van der Waals surface area contributed by atoms with Crippen LogP contribution in [0.5, 0.6) is 11.5 Å². The number of rotatable bonds is 5. The minimum absolute atomic E-state index is 0.108. The molecule has 7 heteroatoms. The third-order valence-electron chi connectivity index (χ3n) is 4.05. The summed E-state index contributed by atoms with van der Waals surface area (Å²) in [4.78, 5) is 13.7. The molecule has 0 saturated carbocycles. The first-order valence-corrected chi connectivity index (χ1v) is 8.66. The van der Waals surface area contributed by atoms with E-state index in [0.717, 1.165) is 5.56 Å². The van der Waals surface area contributed by atoms with E-state index in [0.29, 0.717) is 11.5 Å². The fourth-order valence-corrected chi connectivity index (χ4v) is 3.94. The highest BCUT2D eigenvalue weighted by atomic mass is 32.2. The SMILES string of the molecule is COc1ccc(C2SCC(=O)N2Cc2c(F)cccc2F)cc1OC. The molecule has 0 radical (unpaired) electrons. The minimum atomic E-state index is -0.657. The van der Waals surface area contributed by atoms with E-state index in [9.17, 15) is 13.6 Å². The van der Waals surface area contributed by atoms with Crippen molar-refractivity contribution < 1.29 is 23.0 Å². The average molecular weight is 365 g/mol. The van der Waals surface area contributed by atoms with E-state index >= 15 is 0 Å². The number of methoxy groups -OCH3 is 2. The third kappa shape index (κ3) is 3.42. The summed E-state index contributed by atoms with van der Waals surface area (Å²) in [5.74, 6) is -0.0991. The minimum Gasteiger partial charge on any atom is -0.493 e. The molecule has 0 aliphatic carbocycles. The summed E-state index contributed by atoms with van der Waals surface area (Å²) in [6, 6.07) is 9.04. The first kappa shape index (κ1) is 17.5. The number of benzene rings is 2. The number of carbonyl (C=O) groups excluding carboxylic acids is 1. The van der Waals surface area contributed by atoms with Gasteiger partial charge in [-0.25, -0.2) is 8.78 Å². The lowest BCUT2D eigenvalue weighted by Crippen LogP contribution is -2.28. The smallest absolute Gasteiger partial charge is 0.234 e. The number of hydrogen-bond donors (Lipinski definition) is 0. The van der Waals surface area contributed by atoms with Crippen LogP contribution in [-0.2, 0) is 11.3 Å². The molecule has 3 rings (SSSR count). The maximum atomic E-state index is 14.0. The Morgan fingerprint density at radius 1 is 1.12 bits per heavy atom. The Kier molecular flexibility index (Phi) is 5.13. The molecular weight excluding hydrogens is 348 g/mol. The van der Waals surface area contributed by atoms with E-state index in [4.69, 9.17) is 9.47 Å². The van der Waals surface area contributed by atoms with Gasteiger partial charge in [-0.05, 0) is 29.8 Å². The number of nitrogens with zero attached hydrogens (tertiary/aromatic N) is 1. The second-order valence-corrected chi connectivity index (χ2v) is 6.57. The topological polar surface area (TPSA) is 38.8 Å². The van der Waals surface area contributed by atoms with Crippen LogP contribution < -0.4 is 9.47 Å². The van der Waals surface area contributed by atoms with Crippen molar-refractivity contribution in [2.75, 3.05) is 20.0 Å². The summed E-state index contributed by atoms with van der Waals surface area (Å²) in [5, 5.41) is -0.341. The summed E-state index contributed by atoms with van der Waals surface area (Å²) in [6.07, 6.45) is 0. The van der Waals surface area contributed by atoms with Crippen LogP contribution in [0.15, 0.2) is 36.4 Å².